The second-order valence-electron chi connectivity index (χ2n) is 6.53. The summed E-state index contributed by atoms with van der Waals surface area (Å²) in [5, 5.41) is 2.96. The van der Waals surface area contributed by atoms with Gasteiger partial charge in [0.2, 0.25) is 5.91 Å². The Bertz CT molecular complexity index is 477. The molecule has 1 amide bonds. The first kappa shape index (κ1) is 18.0. The van der Waals surface area contributed by atoms with E-state index in [0.717, 1.165) is 12.2 Å². The summed E-state index contributed by atoms with van der Waals surface area (Å²) >= 11 is 0. The van der Waals surface area contributed by atoms with Crippen molar-refractivity contribution in [1.82, 2.24) is 14.9 Å². The predicted molar refractivity (Wildman–Crippen MR) is 91.5 cm³/mol. The fourth-order valence-corrected chi connectivity index (χ4v) is 3.47. The van der Waals surface area contributed by atoms with Crippen molar-refractivity contribution in [3.8, 4) is 0 Å². The zero-order valence-electron chi connectivity index (χ0n) is 14.6. The Balaban J connectivity index is 1.90. The number of aromatic nitrogens is 2. The van der Waals surface area contributed by atoms with E-state index in [-0.39, 0.29) is 5.91 Å². The van der Waals surface area contributed by atoms with Crippen molar-refractivity contribution < 1.29 is 9.53 Å². The highest BCUT2D eigenvalue weighted by Crippen LogP contribution is 2.28. The molecule has 1 fully saturated rings. The summed E-state index contributed by atoms with van der Waals surface area (Å²) < 4.78 is 7.35. The quantitative estimate of drug-likeness (QED) is 0.839. The zero-order valence-corrected chi connectivity index (χ0v) is 14.6. The first-order valence-electron chi connectivity index (χ1n) is 9.00. The summed E-state index contributed by atoms with van der Waals surface area (Å²) in [6.45, 7) is 3.26. The molecule has 1 aromatic rings. The van der Waals surface area contributed by atoms with Crippen LogP contribution in [0.15, 0.2) is 6.20 Å². The van der Waals surface area contributed by atoms with E-state index in [4.69, 9.17) is 4.74 Å². The van der Waals surface area contributed by atoms with E-state index in [2.05, 4.69) is 21.8 Å². The van der Waals surface area contributed by atoms with Gasteiger partial charge in [0.05, 0.1) is 6.61 Å². The van der Waals surface area contributed by atoms with Crippen LogP contribution in [0.25, 0.3) is 0 Å². The summed E-state index contributed by atoms with van der Waals surface area (Å²) in [6, 6.07) is 0.581. The number of methoxy groups -OCH3 is 1. The number of aryl methyl sites for hydroxylation is 1. The Labute approximate surface area is 139 Å². The molecule has 1 saturated carbocycles. The van der Waals surface area contributed by atoms with Crippen molar-refractivity contribution in [2.45, 2.75) is 70.8 Å². The molecule has 1 aromatic heterocycles. The summed E-state index contributed by atoms with van der Waals surface area (Å²) in [5.41, 5.74) is 1.25. The molecular weight excluding hydrogens is 290 g/mol. The van der Waals surface area contributed by atoms with Crippen LogP contribution in [-0.2, 0) is 16.0 Å². The van der Waals surface area contributed by atoms with Gasteiger partial charge in [0.25, 0.3) is 0 Å². The van der Waals surface area contributed by atoms with Gasteiger partial charge in [0, 0.05) is 44.4 Å². The molecule has 5 heteroatoms. The molecule has 0 aromatic carbocycles. The Morgan fingerprint density at radius 2 is 2.00 bits per heavy atom. The molecule has 1 heterocycles. The summed E-state index contributed by atoms with van der Waals surface area (Å²) in [7, 11) is 1.61. The molecule has 0 saturated heterocycles. The van der Waals surface area contributed by atoms with E-state index >= 15 is 0 Å². The molecule has 0 spiro atoms. The minimum absolute atomic E-state index is 0.0487. The number of carbonyl (C=O) groups excluding carboxylic acids is 1. The molecule has 0 aliphatic heterocycles. The lowest BCUT2D eigenvalue weighted by molar-refractivity contribution is -0.121. The molecule has 0 unspecified atom stereocenters. The van der Waals surface area contributed by atoms with Gasteiger partial charge < -0.3 is 14.6 Å². The lowest BCUT2D eigenvalue weighted by Gasteiger charge is -2.24. The van der Waals surface area contributed by atoms with E-state index in [1.165, 1.54) is 50.6 Å². The molecule has 130 valence electrons. The lowest BCUT2D eigenvalue weighted by Crippen LogP contribution is -2.27. The Kier molecular flexibility index (Phi) is 7.59. The zero-order chi connectivity index (χ0) is 16.5. The van der Waals surface area contributed by atoms with Gasteiger partial charge in [0.15, 0.2) is 0 Å². The molecular formula is C18H31N3O2. The lowest BCUT2D eigenvalue weighted by atomic mass is 9.96. The second kappa shape index (κ2) is 9.71. The van der Waals surface area contributed by atoms with Crippen LogP contribution >= 0.6 is 0 Å². The number of hydrogen-bond acceptors (Lipinski definition) is 3. The third-order valence-electron chi connectivity index (χ3n) is 4.70. The molecule has 1 aliphatic carbocycles. The molecule has 2 rings (SSSR count). The summed E-state index contributed by atoms with van der Waals surface area (Å²) in [4.78, 5) is 16.2. The van der Waals surface area contributed by atoms with Crippen molar-refractivity contribution >= 4 is 5.91 Å². The average Bonchev–Trinajstić information content (AvgIpc) is 2.86. The fraction of sp³-hybridized carbons (Fsp3) is 0.778. The predicted octanol–water partition coefficient (Wildman–Crippen LogP) is 3.17. The van der Waals surface area contributed by atoms with Crippen LogP contribution in [-0.4, -0.2) is 35.7 Å². The van der Waals surface area contributed by atoms with Crippen molar-refractivity contribution in [1.29, 1.82) is 0 Å². The van der Waals surface area contributed by atoms with Crippen LogP contribution in [0.1, 0.15) is 68.9 Å². The van der Waals surface area contributed by atoms with E-state index < -0.39 is 0 Å². The minimum Gasteiger partial charge on any atom is -0.384 e. The molecule has 1 aliphatic rings. The van der Waals surface area contributed by atoms with Gasteiger partial charge >= 0.3 is 0 Å². The largest absolute Gasteiger partial charge is 0.384 e. The van der Waals surface area contributed by atoms with Crippen LogP contribution < -0.4 is 5.32 Å². The molecule has 1 N–H and O–H groups in total. The number of imidazole rings is 1. The highest BCUT2D eigenvalue weighted by Gasteiger charge is 2.18. The van der Waals surface area contributed by atoms with Crippen LogP contribution in [0.3, 0.4) is 0 Å². The van der Waals surface area contributed by atoms with Gasteiger partial charge in [-0.25, -0.2) is 4.98 Å². The Hall–Kier alpha value is -1.36. The van der Waals surface area contributed by atoms with Gasteiger partial charge in [-0.3, -0.25) is 4.79 Å². The first-order chi connectivity index (χ1) is 11.2. The summed E-state index contributed by atoms with van der Waals surface area (Å²) in [5.74, 6) is 1.16. The number of ether oxygens (including phenoxy) is 1. The van der Waals surface area contributed by atoms with Crippen LogP contribution in [0.4, 0.5) is 0 Å². The van der Waals surface area contributed by atoms with Gasteiger partial charge in [0.1, 0.15) is 5.82 Å². The molecule has 23 heavy (non-hydrogen) atoms. The Morgan fingerprint density at radius 1 is 1.30 bits per heavy atom. The molecule has 0 bridgehead atoms. The van der Waals surface area contributed by atoms with Gasteiger partial charge in [-0.15, -0.1) is 0 Å². The number of carbonyl (C=O) groups is 1. The Morgan fingerprint density at radius 3 is 2.70 bits per heavy atom. The van der Waals surface area contributed by atoms with E-state index in [1.807, 2.05) is 6.20 Å². The molecule has 5 nitrogen and oxygen atoms in total. The van der Waals surface area contributed by atoms with Crippen molar-refractivity contribution in [3.05, 3.63) is 17.7 Å². The number of rotatable bonds is 7. The van der Waals surface area contributed by atoms with Crippen molar-refractivity contribution in [2.75, 3.05) is 20.3 Å². The maximum Gasteiger partial charge on any atom is 0.222 e. The van der Waals surface area contributed by atoms with Crippen molar-refractivity contribution in [3.63, 3.8) is 0 Å². The second-order valence-corrected chi connectivity index (χ2v) is 6.53. The number of nitrogens with zero attached hydrogens (tertiary/aromatic N) is 2. The minimum atomic E-state index is 0.0487. The standard InChI is InChI=1S/C18H31N3O2/c1-15-14-20-17(10-12-19-18(22)11-13-23-2)21(15)16-8-6-4-3-5-7-9-16/h14,16H,3-13H2,1-2H3,(H,19,22). The normalized spacial score (nSPS) is 16.8. The van der Waals surface area contributed by atoms with Crippen LogP contribution in [0.2, 0.25) is 0 Å². The maximum atomic E-state index is 11.6. The van der Waals surface area contributed by atoms with Gasteiger partial charge in [-0.05, 0) is 19.8 Å². The molecule has 0 radical (unpaired) electrons. The highest BCUT2D eigenvalue weighted by atomic mass is 16.5. The summed E-state index contributed by atoms with van der Waals surface area (Å²) in [6.07, 6.45) is 12.4. The van der Waals surface area contributed by atoms with Crippen molar-refractivity contribution in [2.24, 2.45) is 0 Å². The topological polar surface area (TPSA) is 56.1 Å². The smallest absolute Gasteiger partial charge is 0.222 e. The third kappa shape index (κ3) is 5.65. The maximum absolute atomic E-state index is 11.6. The fourth-order valence-electron chi connectivity index (χ4n) is 3.47. The van der Waals surface area contributed by atoms with Gasteiger partial charge in [-0.2, -0.15) is 0 Å². The SMILES string of the molecule is COCCC(=O)NCCc1ncc(C)n1C1CCCCCCC1. The molecule has 0 atom stereocenters. The third-order valence-corrected chi connectivity index (χ3v) is 4.70. The number of nitrogens with one attached hydrogen (secondary N) is 1. The van der Waals surface area contributed by atoms with Crippen LogP contribution in [0.5, 0.6) is 0 Å². The number of amides is 1. The van der Waals surface area contributed by atoms with Gasteiger partial charge in [-0.1, -0.05) is 32.1 Å². The average molecular weight is 321 g/mol. The van der Waals surface area contributed by atoms with Crippen LogP contribution in [0, 0.1) is 6.92 Å². The first-order valence-corrected chi connectivity index (χ1v) is 9.00. The van der Waals surface area contributed by atoms with E-state index in [9.17, 15) is 4.79 Å². The monoisotopic (exact) mass is 321 g/mol. The number of hydrogen-bond donors (Lipinski definition) is 1. The van der Waals surface area contributed by atoms with E-state index in [1.54, 1.807) is 7.11 Å². The van der Waals surface area contributed by atoms with E-state index in [0.29, 0.717) is 25.6 Å². The highest BCUT2D eigenvalue weighted by molar-refractivity contribution is 5.75.